The number of hydrogen-bond acceptors (Lipinski definition) is 40. The fourth-order valence-electron chi connectivity index (χ4n) is 13.8. The fraction of sp³-hybridized carbons (Fsp3) is 0.465. The van der Waals surface area contributed by atoms with Gasteiger partial charge in [-0.1, -0.05) is 60.7 Å². The first-order valence-corrected chi connectivity index (χ1v) is 54.3. The molecule has 0 radical (unpaired) electrons. The monoisotopic (exact) mass is 2070 g/mol. The van der Waals surface area contributed by atoms with Crippen molar-refractivity contribution in [3.63, 3.8) is 0 Å². The smallest absolute Gasteiger partial charge is 0.415 e. The summed E-state index contributed by atoms with van der Waals surface area (Å²) in [6.07, 6.45) is -2.01. The second kappa shape index (κ2) is 43.6. The minimum Gasteiger partial charge on any atom is -0.449 e. The molecule has 7 aromatic rings. The molecule has 8 atom stereocenters. The molecule has 4 unspecified atom stereocenters. The summed E-state index contributed by atoms with van der Waals surface area (Å²) < 4.78 is 216. The molecule has 4 aliphatic heterocycles. The molecular weight excluding hydrogens is 1980 g/mol. The van der Waals surface area contributed by atoms with E-state index in [4.69, 9.17) is 39.5 Å². The van der Waals surface area contributed by atoms with Crippen molar-refractivity contribution in [1.29, 1.82) is 0 Å². The molecule has 4 aliphatic rings. The Morgan fingerprint density at radius 3 is 0.931 bits per heavy atom. The zero-order valence-corrected chi connectivity index (χ0v) is 80.2. The Labute approximate surface area is 767 Å². The van der Waals surface area contributed by atoms with Crippen molar-refractivity contribution in [2.45, 2.75) is 206 Å². The van der Waals surface area contributed by atoms with E-state index in [0.29, 0.717) is 86.0 Å². The molecule has 48 nitrogen and oxygen atoms in total. The minimum atomic E-state index is -4.15. The average Bonchev–Trinajstić information content (AvgIpc) is 1.64. The summed E-state index contributed by atoms with van der Waals surface area (Å²) in [5.74, 6) is 0.107. The van der Waals surface area contributed by atoms with E-state index in [1.807, 2.05) is 0 Å². The van der Waals surface area contributed by atoms with Gasteiger partial charge in [-0.25, -0.2) is 107 Å². The molecule has 8 N–H and O–H groups in total. The number of fused-ring (bicyclic) bond motifs is 4. The summed E-state index contributed by atoms with van der Waals surface area (Å²) in [6.45, 7) is 12.3. The number of rotatable bonds is 32. The van der Waals surface area contributed by atoms with Gasteiger partial charge in [0, 0.05) is 48.4 Å². The Kier molecular flexibility index (Phi) is 35.4. The van der Waals surface area contributed by atoms with E-state index in [0.717, 1.165) is 0 Å². The maximum atomic E-state index is 13.0. The predicted molar refractivity (Wildman–Crippen MR) is 463 cm³/mol. The molecule has 0 fully saturated rings. The van der Waals surface area contributed by atoms with Crippen LogP contribution in [-0.2, 0) is 146 Å². The SMILES string of the molecule is CCN(C(=O)OCCCCO[N+](=O)[O-])[C@H]1CC(C)S(=O)(=O)c2sc(S(N)(=O)=O)cc21.CCN(C(=O)OCc1ccc(CO[N+](=O)[O-])cc1)[C@H]1CC(C)S(=O)(=O)c2sc(S(N)(=O)=O)cc21.CCN(C(=O)OCc1cccc(CO[N+](=O)[O-])c1)[C@H]1CC(C)S(=O)(=O)c2sc(S(N)(=O)=O)cc21.CCN(C(=O)Oc1cccc(CO[N+](=O)[O-])c1)[C@H]1CC(C)S(=O)(=O)c2sc(S(N)(=O)=O)cc21. The van der Waals surface area contributed by atoms with Gasteiger partial charge in [-0.2, -0.15) is 0 Å². The van der Waals surface area contributed by atoms with Gasteiger partial charge >= 0.3 is 24.4 Å². The van der Waals surface area contributed by atoms with Gasteiger partial charge in [0.1, 0.15) is 72.5 Å². The van der Waals surface area contributed by atoms with Gasteiger partial charge in [-0.15, -0.1) is 85.8 Å². The molecule has 0 saturated heterocycles. The summed E-state index contributed by atoms with van der Waals surface area (Å²) >= 11 is 2.30. The van der Waals surface area contributed by atoms with Crippen molar-refractivity contribution in [2.24, 2.45) is 20.6 Å². The molecular formula is C71H90N12O36S12. The minimum absolute atomic E-state index is 0.00406. The maximum Gasteiger partial charge on any atom is 0.415 e. The summed E-state index contributed by atoms with van der Waals surface area (Å²) in [4.78, 5) is 115. The molecule has 4 aromatic heterocycles. The largest absolute Gasteiger partial charge is 0.449 e. The molecule has 0 bridgehead atoms. The highest BCUT2D eigenvalue weighted by Crippen LogP contribution is 2.50. The Balaban J connectivity index is 0.000000216. The molecule has 60 heteroatoms. The van der Waals surface area contributed by atoms with Crippen LogP contribution in [0.25, 0.3) is 0 Å². The van der Waals surface area contributed by atoms with E-state index in [1.165, 1.54) is 89.8 Å². The first kappa shape index (κ1) is 106. The van der Waals surface area contributed by atoms with Crippen molar-refractivity contribution in [3.8, 4) is 5.75 Å². The zero-order chi connectivity index (χ0) is 97.8. The number of sulfonamides is 4. The number of nitrogens with two attached hydrogens (primary N) is 4. The van der Waals surface area contributed by atoms with E-state index in [1.54, 1.807) is 82.3 Å². The molecule has 0 saturated carbocycles. The molecule has 0 aliphatic carbocycles. The summed E-state index contributed by atoms with van der Waals surface area (Å²) in [7, 11) is -31.6. The third kappa shape index (κ3) is 26.6. The van der Waals surface area contributed by atoms with Crippen LogP contribution in [0.2, 0.25) is 0 Å². The molecule has 3 aromatic carbocycles. The molecule has 131 heavy (non-hydrogen) atoms. The van der Waals surface area contributed by atoms with Gasteiger partial charge in [0.25, 0.3) is 20.3 Å². The number of benzene rings is 3. The van der Waals surface area contributed by atoms with Crippen LogP contribution in [-0.4, -0.2) is 192 Å². The number of primary sulfonamides is 4. The average molecular weight is 2070 g/mol. The van der Waals surface area contributed by atoms with Gasteiger partial charge < -0.3 is 57.9 Å². The normalized spacial score (nSPS) is 19.5. The van der Waals surface area contributed by atoms with Gasteiger partial charge in [-0.3, -0.25) is 0 Å². The molecule has 4 amide bonds. The fourth-order valence-corrected chi connectivity index (χ4v) is 31.3. The van der Waals surface area contributed by atoms with Gasteiger partial charge in [0.15, 0.2) is 39.3 Å². The standard InChI is InChI=1S/2C19H23N3O9S3.C18H21N3O9S3.C15H23N3O9S3/c1-3-21(19(23)30-10-13-4-6-14(7-5-13)11-31-22(24)25)16-8-12(2)33(26,27)18-15(16)9-17(32-18)34(20,28)29;1-3-21(19(23)30-10-13-5-4-6-14(8-13)11-31-22(24)25)16-7-12(2)33(26,27)18-15(16)9-17(32-18)34(20,28)29;1-3-20(18(22)30-13-6-4-5-12(8-13)10-29-21(23)24)15-7-11(2)32(25,26)17-14(15)9-16(31-17)33(19,27)28;1-3-17(15(19)26-6-4-5-7-27-18(20)21)12-8-10(2)29(22,23)14-11(12)9-13(28-14)30(16,24)25/h4-7,9,12,16H,3,8,10-11H2,1-2H3,(H2,20,28,29);4-6,8-9,12,16H,3,7,10-11H2,1-2H3,(H2,20,28,29);4-6,8-9,11,15H,3,7,10H2,1-2H3,(H2,19,27,28);9-10,12H,3-8H2,1-2H3,(H2,16,24,25)/t2*12?,16-;11?,15-;10?,12-/m0000/s1. The van der Waals surface area contributed by atoms with E-state index in [-0.39, 0.29) is 160 Å². The topological polar surface area (TPSA) is 705 Å². The Morgan fingerprint density at radius 1 is 0.366 bits per heavy atom. The number of nitrogens with zero attached hydrogens (tertiary/aromatic N) is 8. The van der Waals surface area contributed by atoms with E-state index in [9.17, 15) is 127 Å². The number of thiophene rings is 4. The Bertz CT molecular complexity index is 6410. The van der Waals surface area contributed by atoms with Crippen molar-refractivity contribution < 1.29 is 145 Å². The summed E-state index contributed by atoms with van der Waals surface area (Å²) in [5.41, 5.74) is 3.47. The number of unbranched alkanes of at least 4 members (excludes halogenated alkanes) is 1. The van der Waals surface area contributed by atoms with Crippen molar-refractivity contribution in [3.05, 3.63) is 188 Å². The third-order valence-corrected chi connectivity index (χ3v) is 41.6. The summed E-state index contributed by atoms with van der Waals surface area (Å²) in [5, 5.41) is 54.8. The lowest BCUT2D eigenvalue weighted by molar-refractivity contribution is -0.763. The number of carbonyl (C=O) groups excluding carboxylic acids is 4. The van der Waals surface area contributed by atoms with Crippen LogP contribution in [0.5, 0.6) is 5.75 Å². The quantitative estimate of drug-likeness (QED) is 0.0133. The van der Waals surface area contributed by atoms with E-state index < -0.39 is 169 Å². The molecule has 8 heterocycles. The lowest BCUT2D eigenvalue weighted by Gasteiger charge is -2.35. The number of carbonyl (C=O) groups is 4. The van der Waals surface area contributed by atoms with Crippen molar-refractivity contribution >= 4 is 149 Å². The van der Waals surface area contributed by atoms with E-state index in [2.05, 4.69) is 19.4 Å². The third-order valence-electron chi connectivity index (χ3n) is 20.4. The van der Waals surface area contributed by atoms with Crippen molar-refractivity contribution in [1.82, 2.24) is 19.6 Å². The van der Waals surface area contributed by atoms with Crippen LogP contribution < -0.4 is 25.3 Å². The Morgan fingerprint density at radius 2 is 0.626 bits per heavy atom. The number of sulfone groups is 4. The predicted octanol–water partition coefficient (Wildman–Crippen LogP) is 8.42. The second-order valence-corrected chi connectivity index (χ2v) is 50.7. The first-order valence-electron chi connectivity index (χ1n) is 38.7. The van der Waals surface area contributed by atoms with Gasteiger partial charge in [-0.05, 0) is 158 Å². The number of ether oxygens (including phenoxy) is 4. The van der Waals surface area contributed by atoms with E-state index >= 15 is 0 Å². The molecule has 11 rings (SSSR count). The number of hydrogen-bond donors (Lipinski definition) is 4. The molecule has 722 valence electrons. The first-order chi connectivity index (χ1) is 60.9. The van der Waals surface area contributed by atoms with Gasteiger partial charge in [0.2, 0.25) is 40.1 Å². The van der Waals surface area contributed by atoms with Crippen LogP contribution in [0, 0.1) is 40.5 Å². The highest BCUT2D eigenvalue weighted by Gasteiger charge is 2.48. The maximum absolute atomic E-state index is 13.0. The van der Waals surface area contributed by atoms with Crippen LogP contribution in [0.4, 0.5) is 19.2 Å². The highest BCUT2D eigenvalue weighted by molar-refractivity contribution is 7.97. The second-order valence-electron chi connectivity index (χ2n) is 29.1. The zero-order valence-electron chi connectivity index (χ0n) is 70.4. The van der Waals surface area contributed by atoms with Crippen LogP contribution >= 0.6 is 45.3 Å². The Hall–Kier alpha value is -10.2. The van der Waals surface area contributed by atoms with Crippen LogP contribution in [0.1, 0.15) is 168 Å². The number of amides is 4. The summed E-state index contributed by atoms with van der Waals surface area (Å²) in [6, 6.07) is 20.9. The highest BCUT2D eigenvalue weighted by atomic mass is 32.3. The van der Waals surface area contributed by atoms with Crippen LogP contribution in [0.15, 0.2) is 131 Å². The lowest BCUT2D eigenvalue weighted by Crippen LogP contribution is -2.41. The van der Waals surface area contributed by atoms with Gasteiger partial charge in [0.05, 0.1) is 58.4 Å². The van der Waals surface area contributed by atoms with Crippen LogP contribution in [0.3, 0.4) is 0 Å². The van der Waals surface area contributed by atoms with Crippen molar-refractivity contribution in [2.75, 3.05) is 39.4 Å². The molecule has 0 spiro atoms. The lowest BCUT2D eigenvalue weighted by atomic mass is 10.0.